The second-order valence-corrected chi connectivity index (χ2v) is 5.73. The van der Waals surface area contributed by atoms with Gasteiger partial charge in [0, 0.05) is 18.8 Å². The number of aromatic nitrogens is 3. The van der Waals surface area contributed by atoms with Crippen LogP contribution in [0.2, 0.25) is 0 Å². The minimum atomic E-state index is 0.241. The number of fused-ring (bicyclic) bond motifs is 1. The molecule has 0 saturated heterocycles. The first-order chi connectivity index (χ1) is 11.7. The Morgan fingerprint density at radius 2 is 1.92 bits per heavy atom. The average molecular weight is 318 g/mol. The molecule has 0 aliphatic heterocycles. The van der Waals surface area contributed by atoms with Crippen LogP contribution < -0.4 is 10.6 Å². The molecule has 0 aliphatic rings. The third kappa shape index (κ3) is 3.58. The minimum Gasteiger partial charge on any atom is -0.364 e. The maximum atomic E-state index is 8.86. The first-order valence-electron chi connectivity index (χ1n) is 7.78. The smallest absolute Gasteiger partial charge is 0.225 e. The Bertz CT molecular complexity index is 880. The lowest BCUT2D eigenvalue weighted by Gasteiger charge is -2.12. The Balaban J connectivity index is 1.87. The van der Waals surface area contributed by atoms with E-state index >= 15 is 0 Å². The van der Waals surface area contributed by atoms with Gasteiger partial charge < -0.3 is 10.6 Å². The summed E-state index contributed by atoms with van der Waals surface area (Å²) in [6, 6.07) is 13.6. The molecule has 0 unspecified atom stereocenters. The summed E-state index contributed by atoms with van der Waals surface area (Å²) in [6.45, 7) is 4.68. The van der Waals surface area contributed by atoms with E-state index in [1.165, 1.54) is 0 Å². The summed E-state index contributed by atoms with van der Waals surface area (Å²) in [5.74, 6) is 1.26. The maximum Gasteiger partial charge on any atom is 0.225 e. The summed E-state index contributed by atoms with van der Waals surface area (Å²) in [5, 5.41) is 15.4. The van der Waals surface area contributed by atoms with Gasteiger partial charge in [0.1, 0.15) is 5.52 Å². The average Bonchev–Trinajstić information content (AvgIpc) is 2.59. The van der Waals surface area contributed by atoms with Gasteiger partial charge in [0.05, 0.1) is 17.1 Å². The second-order valence-electron chi connectivity index (χ2n) is 5.73. The van der Waals surface area contributed by atoms with E-state index < -0.39 is 0 Å². The summed E-state index contributed by atoms with van der Waals surface area (Å²) in [7, 11) is 0. The number of nitrogens with zero attached hydrogens (tertiary/aromatic N) is 4. The van der Waals surface area contributed by atoms with Crippen LogP contribution in [-0.2, 0) is 6.54 Å². The number of nitriles is 1. The summed E-state index contributed by atoms with van der Waals surface area (Å²) in [4.78, 5) is 13.4. The van der Waals surface area contributed by atoms with Crippen molar-refractivity contribution in [3.05, 3.63) is 53.7 Å². The number of hydrogen-bond acceptors (Lipinski definition) is 6. The molecule has 2 N–H and O–H groups in total. The standard InChI is InChI=1S/C18H18N6/c1-12(2)22-18-23-15-4-3-9-20-16(15)17(24-18)21-11-14-7-5-13(10-19)6-8-14/h3-9,12H,11H2,1-2H3,(H2,21,22,23,24). The highest BCUT2D eigenvalue weighted by Gasteiger charge is 2.09. The lowest BCUT2D eigenvalue weighted by molar-refractivity contribution is 0.877. The van der Waals surface area contributed by atoms with Gasteiger partial charge in [-0.1, -0.05) is 12.1 Å². The fraction of sp³-hybridized carbons (Fsp3) is 0.222. The zero-order chi connectivity index (χ0) is 16.9. The molecule has 2 heterocycles. The van der Waals surface area contributed by atoms with Crippen molar-refractivity contribution in [3.8, 4) is 6.07 Å². The molecule has 0 spiro atoms. The molecule has 0 bridgehead atoms. The van der Waals surface area contributed by atoms with Crippen molar-refractivity contribution < 1.29 is 0 Å². The Kier molecular flexibility index (Phi) is 4.52. The predicted octanol–water partition coefficient (Wildman–Crippen LogP) is 3.33. The van der Waals surface area contributed by atoms with E-state index in [0.717, 1.165) is 16.6 Å². The van der Waals surface area contributed by atoms with Crippen molar-refractivity contribution in [2.45, 2.75) is 26.4 Å². The molecular weight excluding hydrogens is 300 g/mol. The normalized spacial score (nSPS) is 10.6. The van der Waals surface area contributed by atoms with Gasteiger partial charge in [-0.15, -0.1) is 0 Å². The molecule has 6 nitrogen and oxygen atoms in total. The van der Waals surface area contributed by atoms with E-state index in [1.54, 1.807) is 18.3 Å². The van der Waals surface area contributed by atoms with Gasteiger partial charge in [0.15, 0.2) is 5.82 Å². The number of nitrogens with one attached hydrogen (secondary N) is 2. The molecule has 3 aromatic rings. The molecule has 0 radical (unpaired) electrons. The van der Waals surface area contributed by atoms with Crippen molar-refractivity contribution >= 4 is 22.8 Å². The van der Waals surface area contributed by atoms with Crippen molar-refractivity contribution in [1.29, 1.82) is 5.26 Å². The summed E-state index contributed by atoms with van der Waals surface area (Å²) < 4.78 is 0. The van der Waals surface area contributed by atoms with Crippen LogP contribution in [0.3, 0.4) is 0 Å². The van der Waals surface area contributed by atoms with E-state index in [2.05, 4.69) is 31.7 Å². The monoisotopic (exact) mass is 318 g/mol. The van der Waals surface area contributed by atoms with Gasteiger partial charge in [-0.25, -0.2) is 4.98 Å². The molecule has 24 heavy (non-hydrogen) atoms. The third-order valence-electron chi connectivity index (χ3n) is 3.42. The molecule has 0 fully saturated rings. The van der Waals surface area contributed by atoms with Crippen LogP contribution in [0.5, 0.6) is 0 Å². The highest BCUT2D eigenvalue weighted by molar-refractivity contribution is 5.86. The van der Waals surface area contributed by atoms with E-state index in [9.17, 15) is 0 Å². The van der Waals surface area contributed by atoms with E-state index in [-0.39, 0.29) is 6.04 Å². The maximum absolute atomic E-state index is 8.86. The van der Waals surface area contributed by atoms with Gasteiger partial charge in [-0.2, -0.15) is 10.2 Å². The van der Waals surface area contributed by atoms with Gasteiger partial charge in [-0.05, 0) is 43.7 Å². The van der Waals surface area contributed by atoms with Gasteiger partial charge in [0.25, 0.3) is 0 Å². The second kappa shape index (κ2) is 6.92. The lowest BCUT2D eigenvalue weighted by Crippen LogP contribution is -2.14. The molecule has 120 valence electrons. The third-order valence-corrected chi connectivity index (χ3v) is 3.42. The zero-order valence-electron chi connectivity index (χ0n) is 13.6. The van der Waals surface area contributed by atoms with Crippen LogP contribution >= 0.6 is 0 Å². The van der Waals surface area contributed by atoms with Crippen LogP contribution in [0.4, 0.5) is 11.8 Å². The predicted molar refractivity (Wildman–Crippen MR) is 94.6 cm³/mol. The van der Waals surface area contributed by atoms with Crippen LogP contribution in [-0.4, -0.2) is 21.0 Å². The van der Waals surface area contributed by atoms with Gasteiger partial charge in [-0.3, -0.25) is 4.98 Å². The molecule has 0 aliphatic carbocycles. The molecule has 6 heteroatoms. The van der Waals surface area contributed by atoms with Crippen LogP contribution in [0, 0.1) is 11.3 Å². The molecule has 0 amide bonds. The van der Waals surface area contributed by atoms with Gasteiger partial charge in [0.2, 0.25) is 5.95 Å². The van der Waals surface area contributed by atoms with Crippen LogP contribution in [0.15, 0.2) is 42.6 Å². The van der Waals surface area contributed by atoms with E-state index in [4.69, 9.17) is 5.26 Å². The van der Waals surface area contributed by atoms with Gasteiger partial charge >= 0.3 is 0 Å². The highest BCUT2D eigenvalue weighted by Crippen LogP contribution is 2.20. The number of anilines is 2. The largest absolute Gasteiger partial charge is 0.364 e. The Labute approximate surface area is 140 Å². The van der Waals surface area contributed by atoms with E-state index in [0.29, 0.717) is 23.9 Å². The summed E-state index contributed by atoms with van der Waals surface area (Å²) in [6.07, 6.45) is 1.73. The lowest BCUT2D eigenvalue weighted by atomic mass is 10.1. The molecular formula is C18H18N6. The van der Waals surface area contributed by atoms with Crippen molar-refractivity contribution in [2.75, 3.05) is 10.6 Å². The van der Waals surface area contributed by atoms with Crippen LogP contribution in [0.25, 0.3) is 11.0 Å². The highest BCUT2D eigenvalue weighted by atomic mass is 15.2. The number of pyridine rings is 1. The first kappa shape index (κ1) is 15.7. The minimum absolute atomic E-state index is 0.241. The molecule has 0 saturated carbocycles. The summed E-state index contributed by atoms with van der Waals surface area (Å²) >= 11 is 0. The van der Waals surface area contributed by atoms with E-state index in [1.807, 2.05) is 38.1 Å². The van der Waals surface area contributed by atoms with Crippen molar-refractivity contribution in [2.24, 2.45) is 0 Å². The fourth-order valence-corrected chi connectivity index (χ4v) is 2.30. The Hall–Kier alpha value is -3.20. The molecule has 3 rings (SSSR count). The summed E-state index contributed by atoms with van der Waals surface area (Å²) in [5.41, 5.74) is 3.24. The SMILES string of the molecule is CC(C)Nc1nc(NCc2ccc(C#N)cc2)c2ncccc2n1. The zero-order valence-corrected chi connectivity index (χ0v) is 13.6. The fourth-order valence-electron chi connectivity index (χ4n) is 2.30. The van der Waals surface area contributed by atoms with Crippen molar-refractivity contribution in [3.63, 3.8) is 0 Å². The molecule has 2 aromatic heterocycles. The Morgan fingerprint density at radius 3 is 2.62 bits per heavy atom. The number of hydrogen-bond donors (Lipinski definition) is 2. The topological polar surface area (TPSA) is 86.5 Å². The molecule has 0 atom stereocenters. The Morgan fingerprint density at radius 1 is 1.12 bits per heavy atom. The quantitative estimate of drug-likeness (QED) is 0.750. The first-order valence-corrected chi connectivity index (χ1v) is 7.78. The number of benzene rings is 1. The number of rotatable bonds is 5. The molecule has 1 aromatic carbocycles. The van der Waals surface area contributed by atoms with Crippen molar-refractivity contribution in [1.82, 2.24) is 15.0 Å². The van der Waals surface area contributed by atoms with Crippen LogP contribution in [0.1, 0.15) is 25.0 Å².